The van der Waals surface area contributed by atoms with Crippen LogP contribution in [0.1, 0.15) is 5.69 Å². The minimum Gasteiger partial charge on any atom is -0.228 e. The average Bonchev–Trinajstić information content (AvgIpc) is 2.46. The lowest BCUT2D eigenvalue weighted by Gasteiger charge is -2.04. The Kier molecular flexibility index (Phi) is 2.86. The third-order valence-electron chi connectivity index (χ3n) is 2.79. The number of hydrogen-bond donors (Lipinski definition) is 0. The van der Waals surface area contributed by atoms with Gasteiger partial charge in [-0.25, -0.2) is 9.97 Å². The molecule has 0 amide bonds. The van der Waals surface area contributed by atoms with Crippen molar-refractivity contribution in [3.63, 3.8) is 0 Å². The van der Waals surface area contributed by atoms with E-state index in [1.54, 1.807) is 12.1 Å². The van der Waals surface area contributed by atoms with E-state index < -0.39 is 0 Å². The van der Waals surface area contributed by atoms with Gasteiger partial charge in [0.15, 0.2) is 11.5 Å². The first kappa shape index (κ1) is 11.6. The predicted octanol–water partition coefficient (Wildman–Crippen LogP) is 3.82. The van der Waals surface area contributed by atoms with Gasteiger partial charge in [-0.05, 0) is 24.3 Å². The highest BCUT2D eigenvalue weighted by molar-refractivity contribution is 6.30. The van der Waals surface area contributed by atoms with Crippen LogP contribution in [-0.2, 0) is 0 Å². The highest BCUT2D eigenvalue weighted by atomic mass is 35.5. The zero-order chi connectivity index (χ0) is 13.2. The fourth-order valence-corrected chi connectivity index (χ4v) is 2.11. The van der Waals surface area contributed by atoms with Crippen molar-refractivity contribution in [2.24, 2.45) is 0 Å². The molecule has 90 valence electrons. The van der Waals surface area contributed by atoms with Gasteiger partial charge in [-0.15, -0.1) is 0 Å². The SMILES string of the molecule is N#Cc1nc(-c2cccc(Cl)c2)nc2ccccc12. The van der Waals surface area contributed by atoms with Gasteiger partial charge in [0.1, 0.15) is 6.07 Å². The molecule has 19 heavy (non-hydrogen) atoms. The van der Waals surface area contributed by atoms with Gasteiger partial charge in [-0.2, -0.15) is 5.26 Å². The Hall–Kier alpha value is -2.44. The fourth-order valence-electron chi connectivity index (χ4n) is 1.92. The lowest BCUT2D eigenvalue weighted by Crippen LogP contribution is -1.94. The molecule has 1 aromatic heterocycles. The number of hydrogen-bond acceptors (Lipinski definition) is 3. The third-order valence-corrected chi connectivity index (χ3v) is 3.03. The summed E-state index contributed by atoms with van der Waals surface area (Å²) >= 11 is 5.97. The van der Waals surface area contributed by atoms with Gasteiger partial charge in [0.25, 0.3) is 0 Å². The molecule has 1 heterocycles. The summed E-state index contributed by atoms with van der Waals surface area (Å²) < 4.78 is 0. The van der Waals surface area contributed by atoms with Crippen molar-refractivity contribution >= 4 is 22.5 Å². The van der Waals surface area contributed by atoms with Gasteiger partial charge in [-0.1, -0.05) is 35.9 Å². The molecule has 0 unspecified atom stereocenters. The van der Waals surface area contributed by atoms with Crippen molar-refractivity contribution in [1.29, 1.82) is 5.26 Å². The van der Waals surface area contributed by atoms with Crippen molar-refractivity contribution < 1.29 is 0 Å². The van der Waals surface area contributed by atoms with Crippen LogP contribution in [0, 0.1) is 11.3 Å². The molecule has 0 fully saturated rings. The van der Waals surface area contributed by atoms with E-state index in [4.69, 9.17) is 11.6 Å². The largest absolute Gasteiger partial charge is 0.228 e. The summed E-state index contributed by atoms with van der Waals surface area (Å²) in [5.74, 6) is 0.512. The number of halogens is 1. The van der Waals surface area contributed by atoms with Crippen LogP contribution in [0.4, 0.5) is 0 Å². The van der Waals surface area contributed by atoms with Gasteiger partial charge in [0, 0.05) is 16.0 Å². The lowest BCUT2D eigenvalue weighted by atomic mass is 10.1. The fraction of sp³-hybridized carbons (Fsp3) is 0. The minimum atomic E-state index is 0.376. The second kappa shape index (κ2) is 4.68. The first-order valence-electron chi connectivity index (χ1n) is 5.71. The first-order valence-corrected chi connectivity index (χ1v) is 6.08. The monoisotopic (exact) mass is 265 g/mol. The van der Waals surface area contributed by atoms with Crippen LogP contribution in [0.25, 0.3) is 22.3 Å². The Labute approximate surface area is 115 Å². The molecule has 0 aliphatic carbocycles. The van der Waals surface area contributed by atoms with Crippen molar-refractivity contribution in [2.75, 3.05) is 0 Å². The zero-order valence-corrected chi connectivity index (χ0v) is 10.6. The van der Waals surface area contributed by atoms with E-state index in [0.29, 0.717) is 16.5 Å². The van der Waals surface area contributed by atoms with Crippen molar-refractivity contribution in [3.05, 3.63) is 59.2 Å². The topological polar surface area (TPSA) is 49.6 Å². The number of nitriles is 1. The van der Waals surface area contributed by atoms with Gasteiger partial charge >= 0.3 is 0 Å². The molecule has 2 aromatic carbocycles. The molecule has 0 saturated heterocycles. The van der Waals surface area contributed by atoms with E-state index in [9.17, 15) is 5.26 Å². The summed E-state index contributed by atoms with van der Waals surface area (Å²) in [5, 5.41) is 10.6. The van der Waals surface area contributed by atoms with Gasteiger partial charge in [0.2, 0.25) is 0 Å². The molecule has 0 aliphatic heterocycles. The average molecular weight is 266 g/mol. The molecule has 3 rings (SSSR count). The summed E-state index contributed by atoms with van der Waals surface area (Å²) in [6.45, 7) is 0. The van der Waals surface area contributed by atoms with Crippen LogP contribution in [0.5, 0.6) is 0 Å². The molecule has 0 aliphatic rings. The van der Waals surface area contributed by atoms with Gasteiger partial charge < -0.3 is 0 Å². The summed E-state index contributed by atoms with van der Waals surface area (Å²) in [4.78, 5) is 8.77. The molecular formula is C15H8ClN3. The van der Waals surface area contributed by atoms with Crippen molar-refractivity contribution in [3.8, 4) is 17.5 Å². The quantitative estimate of drug-likeness (QED) is 0.672. The van der Waals surface area contributed by atoms with Crippen LogP contribution in [0.3, 0.4) is 0 Å². The Balaban J connectivity index is 2.29. The van der Waals surface area contributed by atoms with Crippen LogP contribution in [0.2, 0.25) is 5.02 Å². The highest BCUT2D eigenvalue weighted by Crippen LogP contribution is 2.23. The number of fused-ring (bicyclic) bond motifs is 1. The molecule has 0 spiro atoms. The molecule has 0 radical (unpaired) electrons. The Morgan fingerprint density at radius 3 is 2.63 bits per heavy atom. The van der Waals surface area contributed by atoms with Crippen LogP contribution in [0.15, 0.2) is 48.5 Å². The van der Waals surface area contributed by atoms with Crippen molar-refractivity contribution in [1.82, 2.24) is 9.97 Å². The molecule has 0 N–H and O–H groups in total. The van der Waals surface area contributed by atoms with Gasteiger partial charge in [-0.3, -0.25) is 0 Å². The zero-order valence-electron chi connectivity index (χ0n) is 9.84. The maximum atomic E-state index is 9.20. The summed E-state index contributed by atoms with van der Waals surface area (Å²) in [6, 6.07) is 16.9. The van der Waals surface area contributed by atoms with Crippen LogP contribution >= 0.6 is 11.6 Å². The molecule has 3 nitrogen and oxygen atoms in total. The van der Waals surface area contributed by atoms with Crippen LogP contribution in [-0.4, -0.2) is 9.97 Å². The second-order valence-electron chi connectivity index (χ2n) is 4.04. The Morgan fingerprint density at radius 2 is 1.84 bits per heavy atom. The first-order chi connectivity index (χ1) is 9.28. The maximum absolute atomic E-state index is 9.20. The highest BCUT2D eigenvalue weighted by Gasteiger charge is 2.08. The summed E-state index contributed by atoms with van der Waals surface area (Å²) in [5.41, 5.74) is 1.93. The number of rotatable bonds is 1. The number of aromatic nitrogens is 2. The standard InChI is InChI=1S/C15H8ClN3/c16-11-5-3-4-10(8-11)15-18-13-7-2-1-6-12(13)14(9-17)19-15/h1-8H. The van der Waals surface area contributed by atoms with Crippen LogP contribution < -0.4 is 0 Å². The van der Waals surface area contributed by atoms with E-state index in [1.807, 2.05) is 36.4 Å². The van der Waals surface area contributed by atoms with E-state index >= 15 is 0 Å². The van der Waals surface area contributed by atoms with E-state index in [-0.39, 0.29) is 0 Å². The molecule has 0 bridgehead atoms. The Morgan fingerprint density at radius 1 is 1.00 bits per heavy atom. The Bertz CT molecular complexity index is 806. The summed E-state index contributed by atoms with van der Waals surface area (Å²) in [6.07, 6.45) is 0. The third kappa shape index (κ3) is 2.14. The minimum absolute atomic E-state index is 0.376. The normalized spacial score (nSPS) is 10.3. The molecule has 4 heteroatoms. The smallest absolute Gasteiger partial charge is 0.161 e. The lowest BCUT2D eigenvalue weighted by molar-refractivity contribution is 1.20. The van der Waals surface area contributed by atoms with E-state index in [2.05, 4.69) is 16.0 Å². The predicted molar refractivity (Wildman–Crippen MR) is 74.7 cm³/mol. The van der Waals surface area contributed by atoms with E-state index in [1.165, 1.54) is 0 Å². The van der Waals surface area contributed by atoms with Crippen molar-refractivity contribution in [2.45, 2.75) is 0 Å². The molecule has 0 atom stereocenters. The number of nitrogens with zero attached hydrogens (tertiary/aromatic N) is 3. The van der Waals surface area contributed by atoms with E-state index in [0.717, 1.165) is 16.5 Å². The number of para-hydroxylation sites is 1. The summed E-state index contributed by atoms with van der Waals surface area (Å²) in [7, 11) is 0. The number of benzene rings is 2. The molecule has 0 saturated carbocycles. The molecule has 3 aromatic rings. The molecular weight excluding hydrogens is 258 g/mol. The second-order valence-corrected chi connectivity index (χ2v) is 4.47. The maximum Gasteiger partial charge on any atom is 0.161 e. The van der Waals surface area contributed by atoms with Gasteiger partial charge in [0.05, 0.1) is 5.52 Å².